The zero-order chi connectivity index (χ0) is 28.0. The van der Waals surface area contributed by atoms with Crippen LogP contribution in [0.15, 0.2) is 42.9 Å². The lowest BCUT2D eigenvalue weighted by atomic mass is 9.61. The van der Waals surface area contributed by atoms with Crippen LogP contribution in [0.1, 0.15) is 44.2 Å². The summed E-state index contributed by atoms with van der Waals surface area (Å²) in [5.41, 5.74) is 11.4. The number of nitrogens with zero attached hydrogens (tertiary/aromatic N) is 6. The van der Waals surface area contributed by atoms with Crippen LogP contribution in [-0.2, 0) is 5.54 Å². The molecule has 8 nitrogen and oxygen atoms in total. The van der Waals surface area contributed by atoms with E-state index in [2.05, 4.69) is 49.8 Å². The molecule has 9 heteroatoms. The Kier molecular flexibility index (Phi) is 5.27. The maximum atomic E-state index is 6.55. The van der Waals surface area contributed by atoms with Crippen molar-refractivity contribution in [1.29, 1.82) is 0 Å². The Balaban J connectivity index is 1.13. The first-order chi connectivity index (χ1) is 19.8. The molecule has 2 aliphatic heterocycles. The van der Waals surface area contributed by atoms with Crippen molar-refractivity contribution < 1.29 is 0 Å². The van der Waals surface area contributed by atoms with Crippen molar-refractivity contribution in [3.05, 3.63) is 48.5 Å². The number of hydrogen-bond acceptors (Lipinski definition) is 6. The number of hydrogen-bond donors (Lipinski definition) is 2. The van der Waals surface area contributed by atoms with E-state index >= 15 is 0 Å². The van der Waals surface area contributed by atoms with Gasteiger partial charge in [0.15, 0.2) is 5.11 Å². The number of fused-ring (bicyclic) bond motifs is 5. The van der Waals surface area contributed by atoms with Gasteiger partial charge in [0.1, 0.15) is 23.5 Å². The minimum Gasteiger partial charge on any atom is -0.383 e. The molecule has 208 valence electrons. The zero-order valence-electron chi connectivity index (χ0n) is 23.4. The van der Waals surface area contributed by atoms with E-state index in [0.29, 0.717) is 11.2 Å². The third-order valence-corrected chi connectivity index (χ3v) is 10.8. The normalized spacial score (nSPS) is 26.6. The second-order valence-corrected chi connectivity index (χ2v) is 13.4. The van der Waals surface area contributed by atoms with E-state index in [1.807, 2.05) is 24.4 Å². The van der Waals surface area contributed by atoms with Gasteiger partial charge in [-0.1, -0.05) is 24.1 Å². The van der Waals surface area contributed by atoms with Crippen molar-refractivity contribution in [2.24, 2.45) is 5.41 Å². The minimum absolute atomic E-state index is 0.0519. The SMILES string of the molecule is C#Cc1c(-c2cnc3ccccc3c2)c2c(N)ncnc2n1C12CCC(NC(=S)N3CC4(CN(C)C4)C3)(CC1)CC2. The van der Waals surface area contributed by atoms with Crippen LogP contribution in [0.2, 0.25) is 0 Å². The molecule has 3 N–H and O–H groups in total. The molecule has 1 spiro atoms. The molecule has 1 aromatic carbocycles. The largest absolute Gasteiger partial charge is 0.383 e. The van der Waals surface area contributed by atoms with Gasteiger partial charge in [-0.15, -0.1) is 6.42 Å². The number of aromatic nitrogens is 4. The number of nitrogens with two attached hydrogens (primary N) is 1. The molecule has 5 heterocycles. The molecule has 2 saturated heterocycles. The standard InChI is InChI=1S/C32H34N8S/c1-3-24-25(22-14-21-6-4-5-7-23(21)34-15-22)26-27(33)35-20-36-28(26)40(24)32-11-8-31(9-12-32,10-13-32)37-29(41)39-18-30(19-39)16-38(2)17-30/h1,4-7,14-15,20H,8-13,16-19H2,2H3,(H,37,41)(H2,33,35,36). The van der Waals surface area contributed by atoms with Crippen LogP contribution in [0.3, 0.4) is 0 Å². The van der Waals surface area contributed by atoms with Crippen molar-refractivity contribution in [1.82, 2.24) is 34.6 Å². The monoisotopic (exact) mass is 562 g/mol. The van der Waals surface area contributed by atoms with Crippen molar-refractivity contribution in [3.63, 3.8) is 0 Å². The van der Waals surface area contributed by atoms with Crippen molar-refractivity contribution in [3.8, 4) is 23.5 Å². The number of benzene rings is 1. The summed E-state index contributed by atoms with van der Waals surface area (Å²) in [7, 11) is 2.20. The van der Waals surface area contributed by atoms with Crippen molar-refractivity contribution in [2.45, 2.75) is 49.6 Å². The summed E-state index contributed by atoms with van der Waals surface area (Å²) in [5.74, 6) is 3.51. The van der Waals surface area contributed by atoms with Gasteiger partial charge in [0.2, 0.25) is 0 Å². The third-order valence-electron chi connectivity index (χ3n) is 10.4. The van der Waals surface area contributed by atoms with E-state index in [9.17, 15) is 0 Å². The lowest BCUT2D eigenvalue weighted by Crippen LogP contribution is -2.74. The predicted octanol–water partition coefficient (Wildman–Crippen LogP) is 4.13. The van der Waals surface area contributed by atoms with Gasteiger partial charge in [-0.05, 0) is 69.9 Å². The number of nitrogen functional groups attached to an aromatic ring is 1. The number of anilines is 1. The van der Waals surface area contributed by atoms with E-state index in [1.165, 1.54) is 13.1 Å². The first kappa shape index (κ1) is 25.0. The molecule has 2 bridgehead atoms. The summed E-state index contributed by atoms with van der Waals surface area (Å²) in [4.78, 5) is 18.7. The maximum Gasteiger partial charge on any atom is 0.169 e. The fraction of sp³-hybridized carbons (Fsp3) is 0.438. The lowest BCUT2D eigenvalue weighted by Gasteiger charge is -2.61. The molecule has 41 heavy (non-hydrogen) atoms. The molecule has 0 radical (unpaired) electrons. The Morgan fingerprint density at radius 2 is 1.76 bits per heavy atom. The third kappa shape index (κ3) is 3.63. The average Bonchev–Trinajstić information content (AvgIpc) is 3.31. The summed E-state index contributed by atoms with van der Waals surface area (Å²) < 4.78 is 2.33. The van der Waals surface area contributed by atoms with Crippen LogP contribution in [0.25, 0.3) is 33.1 Å². The molecular weight excluding hydrogens is 528 g/mol. The quantitative estimate of drug-likeness (QED) is 0.285. The van der Waals surface area contributed by atoms with Crippen LogP contribution in [0.5, 0.6) is 0 Å². The molecular formula is C32H34N8S. The number of para-hydroxylation sites is 1. The number of thiocarbonyl (C=S) groups is 1. The molecule has 4 aromatic rings. The van der Waals surface area contributed by atoms with E-state index in [4.69, 9.17) is 34.3 Å². The fourth-order valence-electron chi connectivity index (χ4n) is 8.42. The topological polar surface area (TPSA) is 88.1 Å². The highest BCUT2D eigenvalue weighted by Gasteiger charge is 2.54. The Hall–Kier alpha value is -3.74. The molecule has 9 rings (SSSR count). The number of nitrogens with one attached hydrogen (secondary N) is 1. The van der Waals surface area contributed by atoms with E-state index in [1.54, 1.807) is 6.33 Å². The summed E-state index contributed by atoms with van der Waals surface area (Å²) >= 11 is 5.93. The van der Waals surface area contributed by atoms with Crippen LogP contribution in [-0.4, -0.2) is 73.2 Å². The fourth-order valence-corrected chi connectivity index (χ4v) is 8.77. The summed E-state index contributed by atoms with van der Waals surface area (Å²) in [5, 5.41) is 6.66. The van der Waals surface area contributed by atoms with E-state index < -0.39 is 0 Å². The van der Waals surface area contributed by atoms with Gasteiger partial charge >= 0.3 is 0 Å². The molecule has 3 saturated carbocycles. The second kappa shape index (κ2) is 8.63. The number of terminal acetylenes is 1. The highest BCUT2D eigenvalue weighted by Crippen LogP contribution is 2.54. The first-order valence-electron chi connectivity index (χ1n) is 14.6. The highest BCUT2D eigenvalue weighted by molar-refractivity contribution is 7.80. The number of likely N-dealkylation sites (tertiary alicyclic amines) is 2. The number of pyridine rings is 1. The summed E-state index contributed by atoms with van der Waals surface area (Å²) in [6.45, 7) is 4.54. The second-order valence-electron chi connectivity index (χ2n) is 13.0. The molecule has 0 amide bonds. The smallest absolute Gasteiger partial charge is 0.169 e. The van der Waals surface area contributed by atoms with Gasteiger partial charge in [0, 0.05) is 65.4 Å². The summed E-state index contributed by atoms with van der Waals surface area (Å²) in [6.07, 6.45) is 15.9. The predicted molar refractivity (Wildman–Crippen MR) is 166 cm³/mol. The van der Waals surface area contributed by atoms with E-state index in [-0.39, 0.29) is 11.1 Å². The van der Waals surface area contributed by atoms with Gasteiger partial charge in [-0.2, -0.15) is 0 Å². The molecule has 5 aliphatic rings. The van der Waals surface area contributed by atoms with Crippen molar-refractivity contribution >= 4 is 45.1 Å². The van der Waals surface area contributed by atoms with E-state index in [0.717, 1.165) is 95.5 Å². The highest BCUT2D eigenvalue weighted by atomic mass is 32.1. The van der Waals surface area contributed by atoms with Crippen LogP contribution < -0.4 is 11.1 Å². The van der Waals surface area contributed by atoms with Gasteiger partial charge in [-0.25, -0.2) is 9.97 Å². The summed E-state index contributed by atoms with van der Waals surface area (Å²) in [6, 6.07) is 10.3. The Labute approximate surface area is 245 Å². The van der Waals surface area contributed by atoms with Crippen LogP contribution in [0.4, 0.5) is 5.82 Å². The molecule has 3 aromatic heterocycles. The van der Waals surface area contributed by atoms with Crippen molar-refractivity contribution in [2.75, 3.05) is 39.0 Å². The van der Waals surface area contributed by atoms with Crippen LogP contribution in [0, 0.1) is 17.8 Å². The molecule has 3 aliphatic carbocycles. The number of rotatable bonds is 3. The Morgan fingerprint density at radius 3 is 2.46 bits per heavy atom. The molecule has 0 atom stereocenters. The Bertz CT molecular complexity index is 1750. The lowest BCUT2D eigenvalue weighted by molar-refractivity contribution is -0.0754. The first-order valence-corrected chi connectivity index (χ1v) is 15.0. The zero-order valence-corrected chi connectivity index (χ0v) is 24.2. The maximum absolute atomic E-state index is 6.55. The van der Waals surface area contributed by atoms with Gasteiger partial charge in [0.05, 0.1) is 10.9 Å². The van der Waals surface area contributed by atoms with Crippen LogP contribution >= 0.6 is 12.2 Å². The molecule has 0 unspecified atom stereocenters. The van der Waals surface area contributed by atoms with Gasteiger partial charge in [0.25, 0.3) is 0 Å². The van der Waals surface area contributed by atoms with Gasteiger partial charge < -0.3 is 25.4 Å². The molecule has 5 fully saturated rings. The Morgan fingerprint density at radius 1 is 1.02 bits per heavy atom. The minimum atomic E-state index is -0.119. The van der Waals surface area contributed by atoms with Gasteiger partial charge in [-0.3, -0.25) is 4.98 Å². The average molecular weight is 563 g/mol.